The van der Waals surface area contributed by atoms with Gasteiger partial charge in [0.25, 0.3) is 0 Å². The van der Waals surface area contributed by atoms with E-state index in [-0.39, 0.29) is 5.54 Å². The highest BCUT2D eigenvalue weighted by atomic mass is 35.5. The number of halogens is 2. The molecule has 0 saturated heterocycles. The van der Waals surface area contributed by atoms with Crippen LogP contribution in [0.4, 0.5) is 0 Å². The van der Waals surface area contributed by atoms with Crippen LogP contribution in [-0.2, 0) is 5.54 Å². The Morgan fingerprint density at radius 1 is 1.27 bits per heavy atom. The van der Waals surface area contributed by atoms with Crippen molar-refractivity contribution in [3.8, 4) is 0 Å². The smallest absolute Gasteiger partial charge is 0.161 e. The molecule has 0 radical (unpaired) electrons. The van der Waals surface area contributed by atoms with Crippen molar-refractivity contribution in [2.75, 3.05) is 0 Å². The fraction of sp³-hybridized carbons (Fsp3) is 0.400. The molecule has 0 spiro atoms. The minimum atomic E-state index is -0.136. The number of pyridine rings is 1. The van der Waals surface area contributed by atoms with Gasteiger partial charge in [-0.05, 0) is 26.8 Å². The molecule has 0 atom stereocenters. The number of hydrogen-bond donors (Lipinski definition) is 0. The second-order valence-corrected chi connectivity index (χ2v) is 5.19. The average molecular weight is 244 g/mol. The van der Waals surface area contributed by atoms with Crippen molar-refractivity contribution in [3.63, 3.8) is 0 Å². The highest BCUT2D eigenvalue weighted by Crippen LogP contribution is 2.27. The molecule has 0 saturated carbocycles. The van der Waals surface area contributed by atoms with Crippen LogP contribution in [0.25, 0.3) is 11.0 Å². The van der Waals surface area contributed by atoms with Crippen molar-refractivity contribution in [2.24, 2.45) is 0 Å². The molecule has 2 heterocycles. The lowest BCUT2D eigenvalue weighted by molar-refractivity contribution is 0.366. The molecule has 2 rings (SSSR count). The van der Waals surface area contributed by atoms with Crippen LogP contribution >= 0.6 is 23.2 Å². The van der Waals surface area contributed by atoms with E-state index in [9.17, 15) is 0 Å². The number of hydrogen-bond acceptors (Lipinski definition) is 2. The van der Waals surface area contributed by atoms with Crippen LogP contribution in [0, 0.1) is 0 Å². The Bertz CT molecular complexity index is 511. The number of aromatic nitrogens is 3. The summed E-state index contributed by atoms with van der Waals surface area (Å²) in [4.78, 5) is 4.24. The summed E-state index contributed by atoms with van der Waals surface area (Å²) >= 11 is 11.9. The van der Waals surface area contributed by atoms with Crippen molar-refractivity contribution >= 4 is 34.2 Å². The zero-order valence-corrected chi connectivity index (χ0v) is 10.3. The molecule has 3 nitrogen and oxygen atoms in total. The van der Waals surface area contributed by atoms with Gasteiger partial charge in [0, 0.05) is 0 Å². The monoisotopic (exact) mass is 243 g/mol. The van der Waals surface area contributed by atoms with Crippen LogP contribution in [0.2, 0.25) is 10.2 Å². The van der Waals surface area contributed by atoms with Gasteiger partial charge in [-0.1, -0.05) is 23.2 Å². The standard InChI is InChI=1S/C10H11Cl2N3/c1-10(2,3)15-9-6(5-13-15)7(11)4-8(12)14-9/h4-5H,1-3H3. The molecule has 15 heavy (non-hydrogen) atoms. The number of rotatable bonds is 0. The predicted octanol–water partition coefficient (Wildman–Crippen LogP) is 3.49. The van der Waals surface area contributed by atoms with Gasteiger partial charge in [0.1, 0.15) is 5.15 Å². The third-order valence-electron chi connectivity index (χ3n) is 2.10. The zero-order valence-electron chi connectivity index (χ0n) is 8.75. The maximum Gasteiger partial charge on any atom is 0.161 e. The zero-order chi connectivity index (χ0) is 11.2. The molecule has 0 bridgehead atoms. The Labute approximate surface area is 98.0 Å². The summed E-state index contributed by atoms with van der Waals surface area (Å²) < 4.78 is 1.82. The van der Waals surface area contributed by atoms with Gasteiger partial charge in [-0.15, -0.1) is 0 Å². The quantitative estimate of drug-likeness (QED) is 0.664. The maximum atomic E-state index is 6.05. The molecule has 80 valence electrons. The van der Waals surface area contributed by atoms with Crippen molar-refractivity contribution in [1.82, 2.24) is 14.8 Å². The molecule has 0 fully saturated rings. The molecular formula is C10H11Cl2N3. The molecule has 5 heteroatoms. The minimum absolute atomic E-state index is 0.136. The second kappa shape index (κ2) is 3.35. The van der Waals surface area contributed by atoms with Crippen LogP contribution in [-0.4, -0.2) is 14.8 Å². The van der Waals surface area contributed by atoms with Crippen molar-refractivity contribution in [3.05, 3.63) is 22.4 Å². The maximum absolute atomic E-state index is 6.05. The van der Waals surface area contributed by atoms with Crippen LogP contribution in [0.3, 0.4) is 0 Å². The first-order valence-electron chi connectivity index (χ1n) is 4.60. The van der Waals surface area contributed by atoms with Gasteiger partial charge in [0.15, 0.2) is 5.65 Å². The van der Waals surface area contributed by atoms with Crippen LogP contribution < -0.4 is 0 Å². The molecule has 0 aliphatic heterocycles. The van der Waals surface area contributed by atoms with Crippen LogP contribution in [0.1, 0.15) is 20.8 Å². The molecule has 0 aromatic carbocycles. The number of nitrogens with zero attached hydrogens (tertiary/aromatic N) is 3. The first kappa shape index (κ1) is 10.7. The molecule has 2 aromatic rings. The predicted molar refractivity (Wildman–Crippen MR) is 62.5 cm³/mol. The highest BCUT2D eigenvalue weighted by molar-refractivity contribution is 6.37. The Kier molecular flexibility index (Phi) is 2.40. The lowest BCUT2D eigenvalue weighted by atomic mass is 10.1. The van der Waals surface area contributed by atoms with Crippen molar-refractivity contribution in [2.45, 2.75) is 26.3 Å². The summed E-state index contributed by atoms with van der Waals surface area (Å²) in [5, 5.41) is 6.08. The Balaban J connectivity index is 2.80. The van der Waals surface area contributed by atoms with E-state index in [0.717, 1.165) is 11.0 Å². The van der Waals surface area contributed by atoms with E-state index in [1.165, 1.54) is 0 Å². The van der Waals surface area contributed by atoms with Gasteiger partial charge in [0.2, 0.25) is 0 Å². The summed E-state index contributed by atoms with van der Waals surface area (Å²) in [5.41, 5.74) is 0.586. The molecule has 0 N–H and O–H groups in total. The molecule has 0 aliphatic carbocycles. The van der Waals surface area contributed by atoms with E-state index in [1.54, 1.807) is 12.3 Å². The highest BCUT2D eigenvalue weighted by Gasteiger charge is 2.19. The van der Waals surface area contributed by atoms with Gasteiger partial charge in [-0.25, -0.2) is 9.67 Å². The van der Waals surface area contributed by atoms with E-state index < -0.39 is 0 Å². The van der Waals surface area contributed by atoms with E-state index in [2.05, 4.69) is 30.9 Å². The SMILES string of the molecule is CC(C)(C)n1ncc2c(Cl)cc(Cl)nc21. The van der Waals surface area contributed by atoms with E-state index in [0.29, 0.717) is 10.2 Å². The molecule has 0 aliphatic rings. The fourth-order valence-corrected chi connectivity index (χ4v) is 1.91. The summed E-state index contributed by atoms with van der Waals surface area (Å²) in [6.07, 6.45) is 1.71. The van der Waals surface area contributed by atoms with E-state index in [4.69, 9.17) is 23.2 Å². The topological polar surface area (TPSA) is 30.7 Å². The second-order valence-electron chi connectivity index (χ2n) is 4.39. The third kappa shape index (κ3) is 1.82. The Morgan fingerprint density at radius 3 is 2.53 bits per heavy atom. The van der Waals surface area contributed by atoms with Gasteiger partial charge in [0.05, 0.1) is 22.1 Å². The molecule has 0 unspecified atom stereocenters. The van der Waals surface area contributed by atoms with Crippen LogP contribution in [0.15, 0.2) is 12.3 Å². The lowest BCUT2D eigenvalue weighted by Crippen LogP contribution is -2.23. The van der Waals surface area contributed by atoms with Gasteiger partial charge < -0.3 is 0 Å². The van der Waals surface area contributed by atoms with E-state index >= 15 is 0 Å². The first-order chi connectivity index (χ1) is 6.89. The van der Waals surface area contributed by atoms with Crippen LogP contribution in [0.5, 0.6) is 0 Å². The summed E-state index contributed by atoms with van der Waals surface area (Å²) in [5.74, 6) is 0. The fourth-order valence-electron chi connectivity index (χ4n) is 1.42. The van der Waals surface area contributed by atoms with Crippen molar-refractivity contribution < 1.29 is 0 Å². The summed E-state index contributed by atoms with van der Waals surface area (Å²) in [6.45, 7) is 6.15. The lowest BCUT2D eigenvalue weighted by Gasteiger charge is -2.19. The summed E-state index contributed by atoms with van der Waals surface area (Å²) in [7, 11) is 0. The molecular weight excluding hydrogens is 233 g/mol. The van der Waals surface area contributed by atoms with Gasteiger partial charge >= 0.3 is 0 Å². The van der Waals surface area contributed by atoms with Gasteiger partial charge in [-0.3, -0.25) is 0 Å². The molecule has 0 amide bonds. The molecule has 2 aromatic heterocycles. The number of fused-ring (bicyclic) bond motifs is 1. The normalized spacial score (nSPS) is 12.3. The van der Waals surface area contributed by atoms with E-state index in [1.807, 2.05) is 4.68 Å². The summed E-state index contributed by atoms with van der Waals surface area (Å²) in [6, 6.07) is 1.63. The average Bonchev–Trinajstić information content (AvgIpc) is 2.45. The largest absolute Gasteiger partial charge is 0.242 e. The third-order valence-corrected chi connectivity index (χ3v) is 2.60. The minimum Gasteiger partial charge on any atom is -0.242 e. The first-order valence-corrected chi connectivity index (χ1v) is 5.35. The van der Waals surface area contributed by atoms with Crippen molar-refractivity contribution in [1.29, 1.82) is 0 Å². The Hall–Kier alpha value is -0.800. The Morgan fingerprint density at radius 2 is 1.93 bits per heavy atom. The van der Waals surface area contributed by atoms with Gasteiger partial charge in [-0.2, -0.15) is 5.10 Å².